The van der Waals surface area contributed by atoms with Gasteiger partial charge < -0.3 is 5.32 Å². The second-order valence-corrected chi connectivity index (χ2v) is 4.49. The highest BCUT2D eigenvalue weighted by molar-refractivity contribution is 7.11. The van der Waals surface area contributed by atoms with Gasteiger partial charge >= 0.3 is 0 Å². The molecule has 13 heavy (non-hydrogen) atoms. The summed E-state index contributed by atoms with van der Waals surface area (Å²) in [4.78, 5) is 5.86. The first kappa shape index (κ1) is 10.7. The third-order valence-electron chi connectivity index (χ3n) is 2.07. The SMILES string of the molecule is CCNCCCc1nc(C)c(C)s1. The van der Waals surface area contributed by atoms with Crippen molar-refractivity contribution < 1.29 is 0 Å². The molecule has 0 radical (unpaired) electrons. The third-order valence-corrected chi connectivity index (χ3v) is 3.20. The van der Waals surface area contributed by atoms with Crippen molar-refractivity contribution in [1.29, 1.82) is 0 Å². The van der Waals surface area contributed by atoms with E-state index in [4.69, 9.17) is 0 Å². The molecule has 0 amide bonds. The highest BCUT2D eigenvalue weighted by Crippen LogP contribution is 2.17. The van der Waals surface area contributed by atoms with E-state index in [1.807, 2.05) is 11.3 Å². The number of aromatic nitrogens is 1. The Kier molecular flexibility index (Phi) is 4.39. The topological polar surface area (TPSA) is 24.9 Å². The van der Waals surface area contributed by atoms with Crippen LogP contribution < -0.4 is 5.32 Å². The Morgan fingerprint density at radius 3 is 2.69 bits per heavy atom. The van der Waals surface area contributed by atoms with Crippen LogP contribution in [0.25, 0.3) is 0 Å². The van der Waals surface area contributed by atoms with E-state index in [9.17, 15) is 0 Å². The summed E-state index contributed by atoms with van der Waals surface area (Å²) in [5.41, 5.74) is 1.20. The highest BCUT2D eigenvalue weighted by atomic mass is 32.1. The number of hydrogen-bond acceptors (Lipinski definition) is 3. The van der Waals surface area contributed by atoms with E-state index in [2.05, 4.69) is 31.1 Å². The van der Waals surface area contributed by atoms with E-state index in [0.717, 1.165) is 19.5 Å². The molecular weight excluding hydrogens is 180 g/mol. The molecule has 3 heteroatoms. The molecule has 1 heterocycles. The lowest BCUT2D eigenvalue weighted by Crippen LogP contribution is -2.14. The molecule has 0 bridgehead atoms. The van der Waals surface area contributed by atoms with Gasteiger partial charge in [0.05, 0.1) is 10.7 Å². The van der Waals surface area contributed by atoms with E-state index in [-0.39, 0.29) is 0 Å². The Balaban J connectivity index is 2.29. The second kappa shape index (κ2) is 5.35. The molecule has 0 saturated carbocycles. The number of rotatable bonds is 5. The second-order valence-electron chi connectivity index (χ2n) is 3.21. The van der Waals surface area contributed by atoms with Crippen molar-refractivity contribution in [3.8, 4) is 0 Å². The van der Waals surface area contributed by atoms with E-state index < -0.39 is 0 Å². The van der Waals surface area contributed by atoms with E-state index in [1.54, 1.807) is 0 Å². The largest absolute Gasteiger partial charge is 0.317 e. The van der Waals surface area contributed by atoms with Gasteiger partial charge in [0.15, 0.2) is 0 Å². The minimum Gasteiger partial charge on any atom is -0.317 e. The van der Waals surface area contributed by atoms with Crippen LogP contribution in [0.1, 0.15) is 28.9 Å². The molecule has 0 aliphatic rings. The fourth-order valence-electron chi connectivity index (χ4n) is 1.19. The normalized spacial score (nSPS) is 10.7. The fourth-order valence-corrected chi connectivity index (χ4v) is 2.16. The molecule has 74 valence electrons. The van der Waals surface area contributed by atoms with Gasteiger partial charge in [-0.2, -0.15) is 0 Å². The van der Waals surface area contributed by atoms with Crippen molar-refractivity contribution in [3.05, 3.63) is 15.6 Å². The highest BCUT2D eigenvalue weighted by Gasteiger charge is 2.02. The zero-order chi connectivity index (χ0) is 9.68. The molecule has 0 saturated heterocycles. The van der Waals surface area contributed by atoms with Crippen LogP contribution in [0.4, 0.5) is 0 Å². The Bertz CT molecular complexity index is 236. The van der Waals surface area contributed by atoms with Crippen LogP contribution in [0.5, 0.6) is 0 Å². The van der Waals surface area contributed by atoms with Crippen LogP contribution in [0.3, 0.4) is 0 Å². The van der Waals surface area contributed by atoms with Crippen molar-refractivity contribution in [2.75, 3.05) is 13.1 Å². The van der Waals surface area contributed by atoms with Gasteiger partial charge in [0.2, 0.25) is 0 Å². The average Bonchev–Trinajstić information content (AvgIpc) is 2.41. The lowest BCUT2D eigenvalue weighted by atomic mass is 10.3. The quantitative estimate of drug-likeness (QED) is 0.734. The first-order valence-electron chi connectivity index (χ1n) is 4.87. The van der Waals surface area contributed by atoms with E-state index >= 15 is 0 Å². The first-order chi connectivity index (χ1) is 6.24. The molecule has 0 fully saturated rings. The minimum atomic E-state index is 1.07. The van der Waals surface area contributed by atoms with Gasteiger partial charge in [-0.3, -0.25) is 0 Å². The molecule has 1 aromatic rings. The Morgan fingerprint density at radius 2 is 2.15 bits per heavy atom. The minimum absolute atomic E-state index is 1.07. The zero-order valence-corrected chi connectivity index (χ0v) is 9.50. The standard InChI is InChI=1S/C10H18N2S/c1-4-11-7-5-6-10-12-8(2)9(3)13-10/h11H,4-7H2,1-3H3. The van der Waals surface area contributed by atoms with Crippen LogP contribution >= 0.6 is 11.3 Å². The summed E-state index contributed by atoms with van der Waals surface area (Å²) in [6, 6.07) is 0. The van der Waals surface area contributed by atoms with Crippen molar-refractivity contribution in [2.24, 2.45) is 0 Å². The molecule has 0 spiro atoms. The lowest BCUT2D eigenvalue weighted by molar-refractivity contribution is 0.671. The predicted molar refractivity (Wildman–Crippen MR) is 58.5 cm³/mol. The summed E-state index contributed by atoms with van der Waals surface area (Å²) >= 11 is 1.83. The van der Waals surface area contributed by atoms with Gasteiger partial charge in [-0.05, 0) is 33.4 Å². The summed E-state index contributed by atoms with van der Waals surface area (Å²) in [5, 5.41) is 4.60. The molecular formula is C10H18N2S. The Labute approximate surface area is 84.4 Å². The summed E-state index contributed by atoms with van der Waals surface area (Å²) in [5.74, 6) is 0. The summed E-state index contributed by atoms with van der Waals surface area (Å²) in [7, 11) is 0. The lowest BCUT2D eigenvalue weighted by Gasteiger charge is -1.98. The van der Waals surface area contributed by atoms with Crippen molar-refractivity contribution in [1.82, 2.24) is 10.3 Å². The zero-order valence-electron chi connectivity index (χ0n) is 8.68. The first-order valence-corrected chi connectivity index (χ1v) is 5.69. The van der Waals surface area contributed by atoms with Gasteiger partial charge in [-0.25, -0.2) is 4.98 Å². The number of nitrogens with one attached hydrogen (secondary N) is 1. The predicted octanol–water partition coefficient (Wildman–Crippen LogP) is 2.30. The smallest absolute Gasteiger partial charge is 0.0931 e. The summed E-state index contributed by atoms with van der Waals surface area (Å²) < 4.78 is 0. The maximum absolute atomic E-state index is 4.50. The van der Waals surface area contributed by atoms with Crippen LogP contribution in [-0.2, 0) is 6.42 Å². The molecule has 2 nitrogen and oxygen atoms in total. The van der Waals surface area contributed by atoms with E-state index in [1.165, 1.54) is 22.0 Å². The van der Waals surface area contributed by atoms with Crippen LogP contribution in [0.2, 0.25) is 0 Å². The fraction of sp³-hybridized carbons (Fsp3) is 0.700. The third kappa shape index (κ3) is 3.44. The van der Waals surface area contributed by atoms with Gasteiger partial charge in [-0.1, -0.05) is 6.92 Å². The molecule has 0 aliphatic heterocycles. The molecule has 0 unspecified atom stereocenters. The summed E-state index contributed by atoms with van der Waals surface area (Å²) in [6.45, 7) is 8.53. The monoisotopic (exact) mass is 198 g/mol. The molecule has 1 N–H and O–H groups in total. The van der Waals surface area contributed by atoms with E-state index in [0.29, 0.717) is 0 Å². The van der Waals surface area contributed by atoms with Crippen molar-refractivity contribution >= 4 is 11.3 Å². The van der Waals surface area contributed by atoms with Gasteiger partial charge in [0.1, 0.15) is 0 Å². The van der Waals surface area contributed by atoms with Gasteiger partial charge in [0, 0.05) is 11.3 Å². The molecule has 0 atom stereocenters. The number of aryl methyl sites for hydroxylation is 3. The molecule has 1 rings (SSSR count). The number of hydrogen-bond donors (Lipinski definition) is 1. The van der Waals surface area contributed by atoms with Crippen LogP contribution in [-0.4, -0.2) is 18.1 Å². The maximum atomic E-state index is 4.50. The molecule has 0 aromatic carbocycles. The Hall–Kier alpha value is -0.410. The van der Waals surface area contributed by atoms with Crippen LogP contribution in [0.15, 0.2) is 0 Å². The maximum Gasteiger partial charge on any atom is 0.0931 e. The van der Waals surface area contributed by atoms with Gasteiger partial charge in [-0.15, -0.1) is 11.3 Å². The molecule has 1 aromatic heterocycles. The van der Waals surface area contributed by atoms with Crippen molar-refractivity contribution in [2.45, 2.75) is 33.6 Å². The van der Waals surface area contributed by atoms with Gasteiger partial charge in [0.25, 0.3) is 0 Å². The number of thiazole rings is 1. The van der Waals surface area contributed by atoms with Crippen LogP contribution in [0, 0.1) is 13.8 Å². The van der Waals surface area contributed by atoms with Crippen molar-refractivity contribution in [3.63, 3.8) is 0 Å². The number of nitrogens with zero attached hydrogens (tertiary/aromatic N) is 1. The Morgan fingerprint density at radius 1 is 1.38 bits per heavy atom. The summed E-state index contributed by atoms with van der Waals surface area (Å²) in [6.07, 6.45) is 2.31. The molecule has 0 aliphatic carbocycles. The average molecular weight is 198 g/mol.